The van der Waals surface area contributed by atoms with Gasteiger partial charge in [-0.05, 0) is 36.8 Å². The Morgan fingerprint density at radius 1 is 1.31 bits per heavy atom. The number of hydrogen-bond acceptors (Lipinski definition) is 5. The van der Waals surface area contributed by atoms with E-state index in [1.807, 2.05) is 18.3 Å². The number of carbonyl (C=O) groups is 1. The summed E-state index contributed by atoms with van der Waals surface area (Å²) in [6, 6.07) is 9.94. The van der Waals surface area contributed by atoms with Gasteiger partial charge in [-0.3, -0.25) is 9.69 Å². The summed E-state index contributed by atoms with van der Waals surface area (Å²) < 4.78 is 18.2. The predicted octanol–water partition coefficient (Wildman–Crippen LogP) is 3.97. The first-order valence-electron chi connectivity index (χ1n) is 9.45. The van der Waals surface area contributed by atoms with Crippen molar-refractivity contribution in [2.45, 2.75) is 19.5 Å². The molecule has 0 bridgehead atoms. The second kappa shape index (κ2) is 9.29. The lowest BCUT2D eigenvalue weighted by molar-refractivity contribution is 0.103. The van der Waals surface area contributed by atoms with Crippen LogP contribution in [0, 0.1) is 5.82 Å². The molecule has 0 unspecified atom stereocenters. The monoisotopic (exact) mass is 417 g/mol. The smallest absolute Gasteiger partial charge is 0.189 e. The molecule has 1 aliphatic heterocycles. The van der Waals surface area contributed by atoms with Gasteiger partial charge in [0, 0.05) is 55.7 Å². The van der Waals surface area contributed by atoms with Crippen LogP contribution in [0.25, 0.3) is 0 Å². The number of nitrogens with two attached hydrogens (primary N) is 1. The molecule has 0 saturated carbocycles. The van der Waals surface area contributed by atoms with Crippen LogP contribution in [-0.4, -0.2) is 48.4 Å². The summed E-state index contributed by atoms with van der Waals surface area (Å²) in [5, 5.41) is 0.372. The zero-order chi connectivity index (χ0) is 21.0. The van der Waals surface area contributed by atoms with Crippen LogP contribution in [0.15, 0.2) is 48.7 Å². The molecule has 29 heavy (non-hydrogen) atoms. The van der Waals surface area contributed by atoms with Crippen molar-refractivity contribution in [3.05, 3.63) is 70.6 Å². The Labute approximate surface area is 175 Å². The molecule has 7 heteroatoms. The standard InChI is InChI=1S/C22H25ClFN3O2/c1-15-13-26(14-16-3-5-17(24)6-4-16)9-10-27(15)8-7-21(28)18-11-22(29-2)19(23)12-20(18)25/h3-8,11-12,15H,9-10,13-14,25H2,1-2H3/t15-/m1/s1. The molecule has 1 saturated heterocycles. The van der Waals surface area contributed by atoms with E-state index in [4.69, 9.17) is 22.1 Å². The fraction of sp³-hybridized carbons (Fsp3) is 0.318. The molecule has 0 radical (unpaired) electrons. The molecule has 0 aromatic heterocycles. The van der Waals surface area contributed by atoms with E-state index in [2.05, 4.69) is 16.7 Å². The molecule has 3 rings (SSSR count). The Morgan fingerprint density at radius 3 is 2.69 bits per heavy atom. The average Bonchev–Trinajstić information content (AvgIpc) is 2.69. The highest BCUT2D eigenvalue weighted by atomic mass is 35.5. The maximum Gasteiger partial charge on any atom is 0.189 e. The summed E-state index contributed by atoms with van der Waals surface area (Å²) in [5.74, 6) is -0.000475. The molecule has 0 amide bonds. The Morgan fingerprint density at radius 2 is 2.03 bits per heavy atom. The van der Waals surface area contributed by atoms with Crippen molar-refractivity contribution in [1.29, 1.82) is 0 Å². The summed E-state index contributed by atoms with van der Waals surface area (Å²) in [5.41, 5.74) is 7.72. The Balaban J connectivity index is 1.60. The Bertz CT molecular complexity index is 902. The van der Waals surface area contributed by atoms with Gasteiger partial charge >= 0.3 is 0 Å². The first kappa shape index (κ1) is 21.1. The minimum Gasteiger partial charge on any atom is -0.495 e. The van der Waals surface area contributed by atoms with Gasteiger partial charge in [-0.25, -0.2) is 4.39 Å². The zero-order valence-electron chi connectivity index (χ0n) is 16.6. The molecular formula is C22H25ClFN3O2. The lowest BCUT2D eigenvalue weighted by Gasteiger charge is -2.39. The van der Waals surface area contributed by atoms with Gasteiger partial charge in [0.2, 0.25) is 0 Å². The molecule has 1 atom stereocenters. The predicted molar refractivity (Wildman–Crippen MR) is 114 cm³/mol. The van der Waals surface area contributed by atoms with Crippen LogP contribution in [0.1, 0.15) is 22.8 Å². The number of piperazine rings is 1. The van der Waals surface area contributed by atoms with Crippen LogP contribution in [-0.2, 0) is 6.54 Å². The zero-order valence-corrected chi connectivity index (χ0v) is 17.3. The summed E-state index contributed by atoms with van der Waals surface area (Å²) in [6.07, 6.45) is 3.36. The molecule has 1 fully saturated rings. The van der Waals surface area contributed by atoms with E-state index >= 15 is 0 Å². The van der Waals surface area contributed by atoms with Crippen molar-refractivity contribution < 1.29 is 13.9 Å². The van der Waals surface area contributed by atoms with E-state index in [0.717, 1.165) is 31.7 Å². The van der Waals surface area contributed by atoms with Gasteiger partial charge in [0.1, 0.15) is 11.6 Å². The van der Waals surface area contributed by atoms with Crippen molar-refractivity contribution in [3.8, 4) is 5.75 Å². The number of ketones is 1. The molecule has 5 nitrogen and oxygen atoms in total. The molecular weight excluding hydrogens is 393 g/mol. The number of carbonyl (C=O) groups excluding carboxylic acids is 1. The molecule has 2 N–H and O–H groups in total. The molecule has 1 aliphatic rings. The van der Waals surface area contributed by atoms with E-state index in [9.17, 15) is 9.18 Å². The Kier molecular flexibility index (Phi) is 6.77. The fourth-order valence-corrected chi connectivity index (χ4v) is 3.70. The highest BCUT2D eigenvalue weighted by Crippen LogP contribution is 2.30. The normalized spacial score (nSPS) is 17.7. The lowest BCUT2D eigenvalue weighted by atomic mass is 10.1. The SMILES string of the molecule is COc1cc(C(=O)C=CN2CCN(Cc3ccc(F)cc3)C[C@H]2C)c(N)cc1Cl. The van der Waals surface area contributed by atoms with Crippen LogP contribution in [0.2, 0.25) is 5.02 Å². The van der Waals surface area contributed by atoms with E-state index in [0.29, 0.717) is 22.0 Å². The van der Waals surface area contributed by atoms with Crippen LogP contribution < -0.4 is 10.5 Å². The first-order chi connectivity index (χ1) is 13.9. The highest BCUT2D eigenvalue weighted by molar-refractivity contribution is 6.32. The maximum atomic E-state index is 13.1. The highest BCUT2D eigenvalue weighted by Gasteiger charge is 2.22. The van der Waals surface area contributed by atoms with Gasteiger partial charge in [-0.15, -0.1) is 0 Å². The van der Waals surface area contributed by atoms with E-state index in [1.165, 1.54) is 31.4 Å². The van der Waals surface area contributed by atoms with Gasteiger partial charge in [0.25, 0.3) is 0 Å². The maximum absolute atomic E-state index is 13.1. The third-order valence-electron chi connectivity index (χ3n) is 5.09. The number of rotatable bonds is 6. The molecule has 1 heterocycles. The van der Waals surface area contributed by atoms with Gasteiger partial charge in [0.15, 0.2) is 5.78 Å². The molecule has 2 aromatic carbocycles. The minimum atomic E-state index is -0.222. The van der Waals surface area contributed by atoms with Crippen molar-refractivity contribution in [1.82, 2.24) is 9.80 Å². The van der Waals surface area contributed by atoms with E-state index in [-0.39, 0.29) is 17.6 Å². The van der Waals surface area contributed by atoms with Gasteiger partial charge < -0.3 is 15.4 Å². The van der Waals surface area contributed by atoms with E-state index in [1.54, 1.807) is 6.07 Å². The second-order valence-electron chi connectivity index (χ2n) is 7.20. The van der Waals surface area contributed by atoms with Gasteiger partial charge in [-0.1, -0.05) is 23.7 Å². The van der Waals surface area contributed by atoms with Gasteiger partial charge in [0.05, 0.1) is 12.1 Å². The number of hydrogen-bond donors (Lipinski definition) is 1. The number of ether oxygens (including phenoxy) is 1. The summed E-state index contributed by atoms with van der Waals surface area (Å²) in [6.45, 7) is 5.41. The molecule has 0 spiro atoms. The summed E-state index contributed by atoms with van der Waals surface area (Å²) >= 11 is 6.04. The van der Waals surface area contributed by atoms with Crippen LogP contribution in [0.5, 0.6) is 5.75 Å². The third kappa shape index (κ3) is 5.28. The minimum absolute atomic E-state index is 0.196. The second-order valence-corrected chi connectivity index (χ2v) is 7.61. The average molecular weight is 418 g/mol. The number of anilines is 1. The number of benzene rings is 2. The number of nitrogen functional groups attached to an aromatic ring is 1. The lowest BCUT2D eigenvalue weighted by Crippen LogP contribution is -2.49. The van der Waals surface area contributed by atoms with E-state index < -0.39 is 0 Å². The topological polar surface area (TPSA) is 58.8 Å². The largest absolute Gasteiger partial charge is 0.495 e. The van der Waals surface area contributed by atoms with Crippen LogP contribution in [0.3, 0.4) is 0 Å². The van der Waals surface area contributed by atoms with Crippen molar-refractivity contribution in [2.75, 3.05) is 32.5 Å². The van der Waals surface area contributed by atoms with Crippen molar-refractivity contribution in [3.63, 3.8) is 0 Å². The van der Waals surface area contributed by atoms with Crippen molar-refractivity contribution in [2.24, 2.45) is 0 Å². The Hall–Kier alpha value is -2.57. The molecule has 2 aromatic rings. The number of allylic oxidation sites excluding steroid dienone is 1. The number of nitrogens with zero attached hydrogens (tertiary/aromatic N) is 2. The number of halogens is 2. The summed E-state index contributed by atoms with van der Waals surface area (Å²) in [7, 11) is 1.49. The van der Waals surface area contributed by atoms with Gasteiger partial charge in [-0.2, -0.15) is 0 Å². The summed E-state index contributed by atoms with van der Waals surface area (Å²) in [4.78, 5) is 17.1. The van der Waals surface area contributed by atoms with Crippen molar-refractivity contribution >= 4 is 23.1 Å². The van der Waals surface area contributed by atoms with Crippen LogP contribution >= 0.6 is 11.6 Å². The van der Waals surface area contributed by atoms with Crippen LogP contribution in [0.4, 0.5) is 10.1 Å². The quantitative estimate of drug-likeness (QED) is 0.438. The first-order valence-corrected chi connectivity index (χ1v) is 9.83. The molecule has 154 valence electrons. The number of methoxy groups -OCH3 is 1. The third-order valence-corrected chi connectivity index (χ3v) is 5.38. The molecule has 0 aliphatic carbocycles. The fourth-order valence-electron chi connectivity index (χ4n) is 3.45.